The molecular formula is C17H23N5O3. The van der Waals surface area contributed by atoms with Gasteiger partial charge >= 0.3 is 0 Å². The number of rotatable bonds is 6. The summed E-state index contributed by atoms with van der Waals surface area (Å²) in [5.74, 6) is 1.90. The molecule has 0 unspecified atom stereocenters. The van der Waals surface area contributed by atoms with Crippen molar-refractivity contribution < 1.29 is 14.1 Å². The molecule has 8 nitrogen and oxygen atoms in total. The van der Waals surface area contributed by atoms with Crippen LogP contribution in [0, 0.1) is 6.92 Å². The lowest BCUT2D eigenvalue weighted by Gasteiger charge is -2.32. The fraction of sp³-hybridized carbons (Fsp3) is 0.529. The first-order valence-electron chi connectivity index (χ1n) is 8.56. The highest BCUT2D eigenvalue weighted by atomic mass is 16.5. The molecule has 2 aromatic heterocycles. The van der Waals surface area contributed by atoms with Crippen LogP contribution in [-0.4, -0.2) is 46.3 Å². The molecule has 2 atom stereocenters. The molecule has 0 bridgehead atoms. The molecule has 1 aliphatic rings. The standard InChI is InChI=1S/C17H23N5O3/c1-3-4-12-9-14(22-25-12)17(23)21-13-6-8-24-10-15(13)20-16-5-7-18-11(2)19-16/h5,7,9,13,15H,3-4,6,8,10H2,1-2H3,(H,21,23)(H,18,19,20)/t13-,15+/m0/s1. The number of amides is 1. The van der Waals surface area contributed by atoms with Crippen LogP contribution in [0.2, 0.25) is 0 Å². The zero-order valence-corrected chi connectivity index (χ0v) is 14.5. The zero-order chi connectivity index (χ0) is 17.6. The van der Waals surface area contributed by atoms with E-state index in [0.717, 1.165) is 18.6 Å². The topological polar surface area (TPSA) is 102 Å². The van der Waals surface area contributed by atoms with E-state index in [1.807, 2.05) is 6.92 Å². The van der Waals surface area contributed by atoms with Crippen molar-refractivity contribution in [3.63, 3.8) is 0 Å². The second kappa shape index (κ2) is 8.06. The summed E-state index contributed by atoms with van der Waals surface area (Å²) in [6, 6.07) is 3.35. The van der Waals surface area contributed by atoms with E-state index >= 15 is 0 Å². The maximum Gasteiger partial charge on any atom is 0.273 e. The Hall–Kier alpha value is -2.48. The van der Waals surface area contributed by atoms with Crippen LogP contribution in [-0.2, 0) is 11.2 Å². The second-order valence-corrected chi connectivity index (χ2v) is 6.11. The Morgan fingerprint density at radius 2 is 2.28 bits per heavy atom. The van der Waals surface area contributed by atoms with Crippen molar-refractivity contribution in [2.45, 2.75) is 45.2 Å². The lowest BCUT2D eigenvalue weighted by molar-refractivity contribution is 0.0617. The van der Waals surface area contributed by atoms with Crippen LogP contribution in [0.15, 0.2) is 22.9 Å². The van der Waals surface area contributed by atoms with Crippen molar-refractivity contribution >= 4 is 11.7 Å². The second-order valence-electron chi connectivity index (χ2n) is 6.11. The summed E-state index contributed by atoms with van der Waals surface area (Å²) in [7, 11) is 0. The van der Waals surface area contributed by atoms with Gasteiger partial charge in [0, 0.05) is 25.3 Å². The molecule has 1 fully saturated rings. The van der Waals surface area contributed by atoms with Crippen molar-refractivity contribution in [2.24, 2.45) is 0 Å². The van der Waals surface area contributed by atoms with Gasteiger partial charge < -0.3 is 19.9 Å². The lowest BCUT2D eigenvalue weighted by Crippen LogP contribution is -2.52. The van der Waals surface area contributed by atoms with E-state index in [1.54, 1.807) is 18.3 Å². The highest BCUT2D eigenvalue weighted by Gasteiger charge is 2.28. The number of carbonyl (C=O) groups is 1. The van der Waals surface area contributed by atoms with Crippen molar-refractivity contribution in [2.75, 3.05) is 18.5 Å². The Kier molecular flexibility index (Phi) is 5.60. The summed E-state index contributed by atoms with van der Waals surface area (Å²) in [5, 5.41) is 10.2. The number of aryl methyl sites for hydroxylation is 2. The number of aromatic nitrogens is 3. The monoisotopic (exact) mass is 345 g/mol. The highest BCUT2D eigenvalue weighted by molar-refractivity contribution is 5.92. The lowest BCUT2D eigenvalue weighted by atomic mass is 10.0. The third-order valence-electron chi connectivity index (χ3n) is 4.07. The molecule has 0 aromatic carbocycles. The fourth-order valence-electron chi connectivity index (χ4n) is 2.81. The minimum absolute atomic E-state index is 0.0750. The molecular weight excluding hydrogens is 322 g/mol. The molecule has 0 radical (unpaired) electrons. The first-order valence-corrected chi connectivity index (χ1v) is 8.56. The molecule has 3 heterocycles. The van der Waals surface area contributed by atoms with Gasteiger partial charge in [0.25, 0.3) is 5.91 Å². The SMILES string of the molecule is CCCc1cc(C(=O)N[C@H]2CCOC[C@H]2Nc2ccnc(C)n2)no1. The number of hydrogen-bond donors (Lipinski definition) is 2. The summed E-state index contributed by atoms with van der Waals surface area (Å²) in [4.78, 5) is 20.9. The quantitative estimate of drug-likeness (QED) is 0.822. The van der Waals surface area contributed by atoms with Gasteiger partial charge in [-0.15, -0.1) is 0 Å². The van der Waals surface area contributed by atoms with Crippen molar-refractivity contribution in [3.8, 4) is 0 Å². The Morgan fingerprint density at radius 3 is 3.08 bits per heavy atom. The van der Waals surface area contributed by atoms with Crippen molar-refractivity contribution in [1.29, 1.82) is 0 Å². The van der Waals surface area contributed by atoms with Crippen LogP contribution in [0.25, 0.3) is 0 Å². The van der Waals surface area contributed by atoms with Gasteiger partial charge in [-0.1, -0.05) is 12.1 Å². The van der Waals surface area contributed by atoms with Gasteiger partial charge in [-0.05, 0) is 25.8 Å². The molecule has 0 aliphatic carbocycles. The third kappa shape index (κ3) is 4.54. The maximum absolute atomic E-state index is 12.5. The van der Waals surface area contributed by atoms with E-state index in [-0.39, 0.29) is 18.0 Å². The van der Waals surface area contributed by atoms with E-state index in [2.05, 4.69) is 32.7 Å². The average molecular weight is 345 g/mol. The Balaban J connectivity index is 1.64. The van der Waals surface area contributed by atoms with Gasteiger partial charge in [-0.25, -0.2) is 9.97 Å². The average Bonchev–Trinajstić information content (AvgIpc) is 3.06. The van der Waals surface area contributed by atoms with Gasteiger partial charge in [0.2, 0.25) is 0 Å². The molecule has 1 amide bonds. The number of carbonyl (C=O) groups excluding carboxylic acids is 1. The number of anilines is 1. The molecule has 0 spiro atoms. The van der Waals surface area contributed by atoms with Gasteiger partial charge in [-0.2, -0.15) is 0 Å². The van der Waals surface area contributed by atoms with Crippen LogP contribution >= 0.6 is 0 Å². The van der Waals surface area contributed by atoms with E-state index in [4.69, 9.17) is 9.26 Å². The van der Waals surface area contributed by atoms with Crippen molar-refractivity contribution in [3.05, 3.63) is 35.6 Å². The molecule has 3 rings (SSSR count). The molecule has 8 heteroatoms. The number of nitrogens with zero attached hydrogens (tertiary/aromatic N) is 3. The van der Waals surface area contributed by atoms with E-state index in [1.165, 1.54) is 0 Å². The minimum atomic E-state index is -0.233. The van der Waals surface area contributed by atoms with Crippen LogP contribution in [0.3, 0.4) is 0 Å². The maximum atomic E-state index is 12.5. The van der Waals surface area contributed by atoms with Crippen molar-refractivity contribution in [1.82, 2.24) is 20.4 Å². The molecule has 2 N–H and O–H groups in total. The molecule has 1 aliphatic heterocycles. The van der Waals surface area contributed by atoms with Gasteiger partial charge in [-0.3, -0.25) is 4.79 Å². The largest absolute Gasteiger partial charge is 0.379 e. The Morgan fingerprint density at radius 1 is 1.40 bits per heavy atom. The van der Waals surface area contributed by atoms with E-state index in [9.17, 15) is 4.79 Å². The van der Waals surface area contributed by atoms with Crippen LogP contribution in [0.4, 0.5) is 5.82 Å². The summed E-state index contributed by atoms with van der Waals surface area (Å²) in [6.07, 6.45) is 4.13. The Labute approximate surface area is 146 Å². The molecule has 25 heavy (non-hydrogen) atoms. The first kappa shape index (κ1) is 17.3. The smallest absolute Gasteiger partial charge is 0.273 e. The predicted octanol–water partition coefficient (Wildman–Crippen LogP) is 1.72. The normalized spacial score (nSPS) is 20.2. The number of nitrogens with one attached hydrogen (secondary N) is 2. The number of ether oxygens (including phenoxy) is 1. The predicted molar refractivity (Wildman–Crippen MR) is 91.4 cm³/mol. The zero-order valence-electron chi connectivity index (χ0n) is 14.5. The van der Waals surface area contributed by atoms with Gasteiger partial charge in [0.1, 0.15) is 17.4 Å². The molecule has 134 valence electrons. The van der Waals surface area contributed by atoms with E-state index < -0.39 is 0 Å². The summed E-state index contributed by atoms with van der Waals surface area (Å²) >= 11 is 0. The van der Waals surface area contributed by atoms with Gasteiger partial charge in [0.15, 0.2) is 5.69 Å². The summed E-state index contributed by atoms with van der Waals surface area (Å²) in [6.45, 7) is 4.98. The molecule has 0 saturated carbocycles. The highest BCUT2D eigenvalue weighted by Crippen LogP contribution is 2.15. The first-order chi connectivity index (χ1) is 12.2. The van der Waals surface area contributed by atoms with Crippen LogP contribution in [0.5, 0.6) is 0 Å². The summed E-state index contributed by atoms with van der Waals surface area (Å²) < 4.78 is 10.7. The minimum Gasteiger partial charge on any atom is -0.379 e. The molecule has 1 saturated heterocycles. The third-order valence-corrected chi connectivity index (χ3v) is 4.07. The van der Waals surface area contributed by atoms with Crippen LogP contribution in [0.1, 0.15) is 41.8 Å². The van der Waals surface area contributed by atoms with Gasteiger partial charge in [0.05, 0.1) is 18.7 Å². The van der Waals surface area contributed by atoms with E-state index in [0.29, 0.717) is 37.0 Å². The van der Waals surface area contributed by atoms with Crippen LogP contribution < -0.4 is 10.6 Å². The summed E-state index contributed by atoms with van der Waals surface area (Å²) in [5.41, 5.74) is 0.312. The molecule has 2 aromatic rings. The number of hydrogen-bond acceptors (Lipinski definition) is 7. The Bertz CT molecular complexity index is 718. The fourth-order valence-corrected chi connectivity index (χ4v) is 2.81.